The first-order valence-electron chi connectivity index (χ1n) is 10.3. The summed E-state index contributed by atoms with van der Waals surface area (Å²) < 4.78 is 5.33. The van der Waals surface area contributed by atoms with E-state index in [1.54, 1.807) is 17.0 Å². The molecule has 2 saturated carbocycles. The Morgan fingerprint density at radius 2 is 1.97 bits per heavy atom. The first-order valence-corrected chi connectivity index (χ1v) is 10.3. The van der Waals surface area contributed by atoms with Gasteiger partial charge in [-0.05, 0) is 37.7 Å². The maximum atomic E-state index is 13.2. The molecule has 30 heavy (non-hydrogen) atoms. The van der Waals surface area contributed by atoms with Gasteiger partial charge in [0.15, 0.2) is 11.5 Å². The van der Waals surface area contributed by atoms with Crippen LogP contribution in [-0.2, 0) is 6.54 Å². The average Bonchev–Trinajstić information content (AvgIpc) is 3.21. The van der Waals surface area contributed by atoms with Crippen molar-refractivity contribution < 1.29 is 19.0 Å². The lowest BCUT2D eigenvalue weighted by molar-refractivity contribution is -0.384. The molecule has 0 unspecified atom stereocenters. The summed E-state index contributed by atoms with van der Waals surface area (Å²) in [7, 11) is 0. The lowest BCUT2D eigenvalue weighted by atomic mass is 10.1. The van der Waals surface area contributed by atoms with Gasteiger partial charge in [0.05, 0.1) is 11.5 Å². The van der Waals surface area contributed by atoms with Crippen molar-refractivity contribution in [2.75, 3.05) is 6.54 Å². The lowest BCUT2D eigenvalue weighted by Gasteiger charge is -2.28. The zero-order valence-electron chi connectivity index (χ0n) is 16.6. The van der Waals surface area contributed by atoms with Crippen LogP contribution in [0.3, 0.4) is 0 Å². The zero-order valence-corrected chi connectivity index (χ0v) is 16.6. The average molecular weight is 412 g/mol. The Kier molecular flexibility index (Phi) is 5.78. The summed E-state index contributed by atoms with van der Waals surface area (Å²) in [6.07, 6.45) is 6.05. The Morgan fingerprint density at radius 1 is 1.20 bits per heavy atom. The van der Waals surface area contributed by atoms with Gasteiger partial charge in [0, 0.05) is 36.3 Å². The fourth-order valence-corrected chi connectivity index (χ4v) is 3.81. The summed E-state index contributed by atoms with van der Waals surface area (Å²) in [5.74, 6) is 0.402. The number of non-ortho nitro benzene ring substituents is 1. The molecule has 0 radical (unpaired) electrons. The summed E-state index contributed by atoms with van der Waals surface area (Å²) >= 11 is 0. The predicted molar refractivity (Wildman–Crippen MR) is 107 cm³/mol. The number of nitro groups is 1. The van der Waals surface area contributed by atoms with E-state index >= 15 is 0 Å². The number of hydrogen-bond acceptors (Lipinski definition) is 6. The van der Waals surface area contributed by atoms with Gasteiger partial charge < -0.3 is 14.7 Å². The molecule has 2 amide bonds. The Morgan fingerprint density at radius 3 is 2.67 bits per heavy atom. The molecule has 2 aliphatic rings. The molecule has 1 aromatic carbocycles. The number of amides is 2. The molecule has 0 spiro atoms. The van der Waals surface area contributed by atoms with E-state index < -0.39 is 4.92 Å². The summed E-state index contributed by atoms with van der Waals surface area (Å²) in [6, 6.07) is 7.32. The molecular weight excluding hydrogens is 388 g/mol. The number of hydrogen-bond donors (Lipinski definition) is 1. The molecule has 0 bridgehead atoms. The van der Waals surface area contributed by atoms with E-state index in [-0.39, 0.29) is 41.3 Å². The number of aromatic nitrogens is 1. The molecule has 2 aliphatic carbocycles. The highest BCUT2D eigenvalue weighted by Gasteiger charge is 2.30. The van der Waals surface area contributed by atoms with E-state index in [9.17, 15) is 19.7 Å². The number of nitrogens with zero attached hydrogens (tertiary/aromatic N) is 3. The molecule has 1 aromatic heterocycles. The fourth-order valence-electron chi connectivity index (χ4n) is 3.81. The fraction of sp³-hybridized carbons (Fsp3) is 0.476. The van der Waals surface area contributed by atoms with Gasteiger partial charge in [-0.2, -0.15) is 0 Å². The first-order chi connectivity index (χ1) is 14.5. The van der Waals surface area contributed by atoms with Crippen molar-refractivity contribution in [3.63, 3.8) is 0 Å². The van der Waals surface area contributed by atoms with Crippen LogP contribution in [-0.4, -0.2) is 39.4 Å². The summed E-state index contributed by atoms with van der Waals surface area (Å²) in [5, 5.41) is 17.8. The molecule has 0 aliphatic heterocycles. The molecule has 9 nitrogen and oxygen atoms in total. The Bertz CT molecular complexity index is 946. The third-order valence-electron chi connectivity index (χ3n) is 5.70. The van der Waals surface area contributed by atoms with Gasteiger partial charge in [-0.1, -0.05) is 24.1 Å². The van der Waals surface area contributed by atoms with E-state index in [0.717, 1.165) is 38.5 Å². The third kappa shape index (κ3) is 4.67. The molecular formula is C21H24N4O5. The quantitative estimate of drug-likeness (QED) is 0.525. The van der Waals surface area contributed by atoms with Crippen LogP contribution in [0.1, 0.15) is 65.1 Å². The Hall–Kier alpha value is -3.23. The second-order valence-corrected chi connectivity index (χ2v) is 8.01. The topological polar surface area (TPSA) is 119 Å². The van der Waals surface area contributed by atoms with Crippen LogP contribution in [0.2, 0.25) is 0 Å². The largest absolute Gasteiger partial charge is 0.359 e. The molecule has 1 N–H and O–H groups in total. The SMILES string of the molecule is O=C(NCC1CC1)c1cc(CN(C(=O)c2cccc([N+](=O)[O-])c2)C2CCCC2)on1. The number of carbonyl (C=O) groups excluding carboxylic acids is 2. The standard InChI is InChI=1S/C21H24N4O5/c26-20(22-12-14-8-9-14)19-11-18(30-23-19)13-24(16-5-1-2-6-16)21(27)15-4-3-7-17(10-15)25(28)29/h3-4,7,10-11,14,16H,1-2,5-6,8-9,12-13H2,(H,22,26). The van der Waals surface area contributed by atoms with Crippen molar-refractivity contribution in [1.29, 1.82) is 0 Å². The normalized spacial score (nSPS) is 16.4. The van der Waals surface area contributed by atoms with Gasteiger partial charge in [0.25, 0.3) is 17.5 Å². The predicted octanol–water partition coefficient (Wildman–Crippen LogP) is 3.31. The second kappa shape index (κ2) is 8.64. The molecule has 9 heteroatoms. The summed E-state index contributed by atoms with van der Waals surface area (Å²) in [5.41, 5.74) is 0.333. The van der Waals surface area contributed by atoms with Crippen LogP contribution >= 0.6 is 0 Å². The molecule has 4 rings (SSSR count). The van der Waals surface area contributed by atoms with E-state index in [2.05, 4.69) is 10.5 Å². The Labute approximate surface area is 173 Å². The van der Waals surface area contributed by atoms with Gasteiger partial charge in [-0.25, -0.2) is 0 Å². The monoisotopic (exact) mass is 412 g/mol. The van der Waals surface area contributed by atoms with Crippen LogP contribution in [0.4, 0.5) is 5.69 Å². The molecule has 2 fully saturated rings. The van der Waals surface area contributed by atoms with Crippen molar-refractivity contribution in [3.8, 4) is 0 Å². The van der Waals surface area contributed by atoms with Crippen molar-refractivity contribution in [3.05, 3.63) is 57.5 Å². The number of nitro benzene ring substituents is 1. The van der Waals surface area contributed by atoms with E-state index in [4.69, 9.17) is 4.52 Å². The summed E-state index contributed by atoms with van der Waals surface area (Å²) in [6.45, 7) is 0.801. The van der Waals surface area contributed by atoms with E-state index in [1.165, 1.54) is 18.2 Å². The second-order valence-electron chi connectivity index (χ2n) is 8.01. The highest BCUT2D eigenvalue weighted by atomic mass is 16.6. The van der Waals surface area contributed by atoms with Crippen LogP contribution in [0.25, 0.3) is 0 Å². The minimum atomic E-state index is -0.514. The van der Waals surface area contributed by atoms with Gasteiger partial charge in [0.1, 0.15) is 0 Å². The minimum Gasteiger partial charge on any atom is -0.359 e. The minimum absolute atomic E-state index is 0.0222. The van der Waals surface area contributed by atoms with Crippen molar-refractivity contribution in [2.45, 2.75) is 51.1 Å². The van der Waals surface area contributed by atoms with Gasteiger partial charge >= 0.3 is 0 Å². The van der Waals surface area contributed by atoms with Gasteiger partial charge in [-0.15, -0.1) is 0 Å². The number of nitrogens with one attached hydrogen (secondary N) is 1. The summed E-state index contributed by atoms with van der Waals surface area (Å²) in [4.78, 5) is 37.7. The van der Waals surface area contributed by atoms with Crippen LogP contribution < -0.4 is 5.32 Å². The molecule has 1 heterocycles. The van der Waals surface area contributed by atoms with E-state index in [1.807, 2.05) is 0 Å². The molecule has 158 valence electrons. The maximum Gasteiger partial charge on any atom is 0.273 e. The molecule has 2 aromatic rings. The number of carbonyl (C=O) groups is 2. The van der Waals surface area contributed by atoms with Crippen LogP contribution in [0.15, 0.2) is 34.9 Å². The van der Waals surface area contributed by atoms with Crippen molar-refractivity contribution in [2.24, 2.45) is 5.92 Å². The maximum absolute atomic E-state index is 13.2. The third-order valence-corrected chi connectivity index (χ3v) is 5.70. The van der Waals surface area contributed by atoms with Crippen molar-refractivity contribution in [1.82, 2.24) is 15.4 Å². The van der Waals surface area contributed by atoms with Crippen LogP contribution in [0.5, 0.6) is 0 Å². The first kappa shape index (κ1) is 20.1. The number of benzene rings is 1. The lowest BCUT2D eigenvalue weighted by Crippen LogP contribution is -2.38. The van der Waals surface area contributed by atoms with Crippen molar-refractivity contribution >= 4 is 17.5 Å². The van der Waals surface area contributed by atoms with E-state index in [0.29, 0.717) is 18.2 Å². The van der Waals surface area contributed by atoms with Crippen LogP contribution in [0, 0.1) is 16.0 Å². The van der Waals surface area contributed by atoms with Gasteiger partial charge in [-0.3, -0.25) is 19.7 Å². The Balaban J connectivity index is 1.50. The highest BCUT2D eigenvalue weighted by Crippen LogP contribution is 2.28. The smallest absolute Gasteiger partial charge is 0.273 e. The zero-order chi connectivity index (χ0) is 21.1. The number of rotatable bonds is 8. The molecule has 0 atom stereocenters. The highest BCUT2D eigenvalue weighted by molar-refractivity contribution is 5.95. The molecule has 0 saturated heterocycles. The van der Waals surface area contributed by atoms with Gasteiger partial charge in [0.2, 0.25) is 0 Å².